The molecule has 1 heterocycles. The van der Waals surface area contributed by atoms with Gasteiger partial charge in [-0.3, -0.25) is 5.43 Å². The van der Waals surface area contributed by atoms with Crippen LogP contribution in [0, 0.1) is 0 Å². The number of hydrogen-bond donors (Lipinski definition) is 3. The molecule has 0 unspecified atom stereocenters. The minimum absolute atomic E-state index is 0.134. The van der Waals surface area contributed by atoms with Crippen LogP contribution in [-0.2, 0) is 6.18 Å². The number of hydrogen-bond acceptors (Lipinski definition) is 6. The van der Waals surface area contributed by atoms with Gasteiger partial charge in [-0.1, -0.05) is 0 Å². The number of thioether (sulfide) groups is 1. The largest absolute Gasteiger partial charge is 0.433 e. The van der Waals surface area contributed by atoms with Crippen molar-refractivity contribution in [3.63, 3.8) is 0 Å². The van der Waals surface area contributed by atoms with E-state index in [0.717, 1.165) is 31.7 Å². The molecule has 1 aromatic heterocycles. The second-order valence-corrected chi connectivity index (χ2v) is 6.10. The van der Waals surface area contributed by atoms with Crippen LogP contribution < -0.4 is 16.6 Å². The van der Waals surface area contributed by atoms with Crippen molar-refractivity contribution in [2.24, 2.45) is 5.84 Å². The Morgan fingerprint density at radius 1 is 1.24 bits per heavy atom. The monoisotopic (exact) mass is 321 g/mol. The molecule has 0 radical (unpaired) electrons. The van der Waals surface area contributed by atoms with Gasteiger partial charge in [-0.2, -0.15) is 29.9 Å². The topological polar surface area (TPSA) is 75.9 Å². The third-order valence-corrected chi connectivity index (χ3v) is 4.64. The molecule has 0 aliphatic heterocycles. The summed E-state index contributed by atoms with van der Waals surface area (Å²) in [5.74, 6) is 5.03. The second-order valence-electron chi connectivity index (χ2n) is 4.96. The van der Waals surface area contributed by atoms with Crippen LogP contribution in [0.3, 0.4) is 0 Å². The highest BCUT2D eigenvalue weighted by Gasteiger charge is 2.34. The van der Waals surface area contributed by atoms with Crippen molar-refractivity contribution in [1.29, 1.82) is 0 Å². The minimum Gasteiger partial charge on any atom is -0.367 e. The summed E-state index contributed by atoms with van der Waals surface area (Å²) >= 11 is 1.84. The van der Waals surface area contributed by atoms with Crippen LogP contribution in [0.15, 0.2) is 6.07 Å². The molecular formula is C12H18F3N5S. The van der Waals surface area contributed by atoms with E-state index in [0.29, 0.717) is 5.25 Å². The Hall–Kier alpha value is -1.22. The number of aromatic nitrogens is 2. The van der Waals surface area contributed by atoms with Crippen molar-refractivity contribution >= 4 is 23.5 Å². The van der Waals surface area contributed by atoms with Gasteiger partial charge in [0.25, 0.3) is 0 Å². The number of rotatable bonds is 4. The van der Waals surface area contributed by atoms with Gasteiger partial charge in [-0.25, -0.2) is 10.8 Å². The predicted molar refractivity (Wildman–Crippen MR) is 78.0 cm³/mol. The fourth-order valence-electron chi connectivity index (χ4n) is 2.38. The first kappa shape index (κ1) is 16.2. The minimum atomic E-state index is -4.53. The molecule has 9 heteroatoms. The normalized spacial score (nSPS) is 22.9. The first-order valence-corrected chi connectivity index (χ1v) is 7.93. The number of hydrazine groups is 1. The number of alkyl halides is 3. The molecule has 0 amide bonds. The summed E-state index contributed by atoms with van der Waals surface area (Å²) in [5.41, 5.74) is 1.06. The lowest BCUT2D eigenvalue weighted by Gasteiger charge is -2.28. The molecule has 118 valence electrons. The molecule has 21 heavy (non-hydrogen) atoms. The van der Waals surface area contributed by atoms with Crippen LogP contribution in [0.1, 0.15) is 31.4 Å². The summed E-state index contributed by atoms with van der Waals surface area (Å²) in [6.45, 7) is 0. The Kier molecular flexibility index (Phi) is 5.15. The average Bonchev–Trinajstić information content (AvgIpc) is 2.46. The maximum Gasteiger partial charge on any atom is 0.433 e. The molecule has 1 fully saturated rings. The van der Waals surface area contributed by atoms with Crippen molar-refractivity contribution in [3.8, 4) is 0 Å². The fourth-order valence-corrected chi connectivity index (χ4v) is 3.13. The van der Waals surface area contributed by atoms with Gasteiger partial charge in [0.05, 0.1) is 0 Å². The van der Waals surface area contributed by atoms with Gasteiger partial charge in [0.15, 0.2) is 5.69 Å². The van der Waals surface area contributed by atoms with E-state index >= 15 is 0 Å². The van der Waals surface area contributed by atoms with Crippen LogP contribution in [0.2, 0.25) is 0 Å². The third-order valence-electron chi connectivity index (χ3n) is 3.51. The molecule has 1 aliphatic carbocycles. The molecule has 0 saturated heterocycles. The van der Waals surface area contributed by atoms with E-state index in [2.05, 4.69) is 27.0 Å². The van der Waals surface area contributed by atoms with Gasteiger partial charge in [0, 0.05) is 17.4 Å². The van der Waals surface area contributed by atoms with E-state index in [9.17, 15) is 13.2 Å². The lowest BCUT2D eigenvalue weighted by Crippen LogP contribution is -2.28. The first-order valence-electron chi connectivity index (χ1n) is 6.64. The average molecular weight is 321 g/mol. The summed E-state index contributed by atoms with van der Waals surface area (Å²) in [7, 11) is 0. The number of nitrogens with zero attached hydrogens (tertiary/aromatic N) is 2. The summed E-state index contributed by atoms with van der Waals surface area (Å²) in [6.07, 6.45) is 1.50. The highest BCUT2D eigenvalue weighted by atomic mass is 32.2. The number of nitrogens with one attached hydrogen (secondary N) is 2. The van der Waals surface area contributed by atoms with Crippen LogP contribution in [-0.4, -0.2) is 27.5 Å². The van der Waals surface area contributed by atoms with Crippen molar-refractivity contribution in [3.05, 3.63) is 11.8 Å². The Bertz CT molecular complexity index is 474. The predicted octanol–water partition coefficient (Wildman–Crippen LogP) is 2.87. The highest BCUT2D eigenvalue weighted by Crippen LogP contribution is 2.31. The van der Waals surface area contributed by atoms with Crippen LogP contribution in [0.5, 0.6) is 0 Å². The maximum absolute atomic E-state index is 12.8. The van der Waals surface area contributed by atoms with Gasteiger partial charge in [0.2, 0.25) is 5.95 Å². The molecule has 1 saturated carbocycles. The Labute approximate surface area is 125 Å². The lowest BCUT2D eigenvalue weighted by molar-refractivity contribution is -0.141. The van der Waals surface area contributed by atoms with E-state index in [1.165, 1.54) is 0 Å². The van der Waals surface area contributed by atoms with Gasteiger partial charge in [0.1, 0.15) is 5.82 Å². The molecule has 0 aromatic carbocycles. The van der Waals surface area contributed by atoms with Gasteiger partial charge in [-0.15, -0.1) is 0 Å². The molecule has 2 rings (SSSR count). The molecule has 1 aliphatic rings. The third kappa shape index (κ3) is 4.37. The summed E-state index contributed by atoms with van der Waals surface area (Å²) in [5, 5.41) is 3.70. The molecule has 5 nitrogen and oxygen atoms in total. The van der Waals surface area contributed by atoms with E-state index in [-0.39, 0.29) is 17.8 Å². The van der Waals surface area contributed by atoms with Gasteiger partial charge >= 0.3 is 6.18 Å². The first-order chi connectivity index (χ1) is 9.92. The SMILES string of the molecule is CSC1CCC(Nc2cc(C(F)(F)F)nc(NN)n2)CC1. The highest BCUT2D eigenvalue weighted by molar-refractivity contribution is 7.99. The van der Waals surface area contributed by atoms with Crippen molar-refractivity contribution < 1.29 is 13.2 Å². The quantitative estimate of drug-likeness (QED) is 0.585. The summed E-state index contributed by atoms with van der Waals surface area (Å²) < 4.78 is 38.3. The van der Waals surface area contributed by atoms with Crippen molar-refractivity contribution in [1.82, 2.24) is 9.97 Å². The van der Waals surface area contributed by atoms with Gasteiger partial charge in [-0.05, 0) is 31.9 Å². The lowest BCUT2D eigenvalue weighted by atomic mass is 9.95. The zero-order valence-electron chi connectivity index (χ0n) is 11.6. The number of nitrogens with two attached hydrogens (primary N) is 1. The van der Waals surface area contributed by atoms with E-state index in [4.69, 9.17) is 5.84 Å². The van der Waals surface area contributed by atoms with E-state index in [1.54, 1.807) is 0 Å². The molecule has 0 atom stereocenters. The molecule has 0 bridgehead atoms. The second kappa shape index (κ2) is 6.69. The van der Waals surface area contributed by atoms with Crippen LogP contribution in [0.4, 0.5) is 24.9 Å². The van der Waals surface area contributed by atoms with Crippen molar-refractivity contribution in [2.75, 3.05) is 17.0 Å². The zero-order chi connectivity index (χ0) is 15.5. The number of halogens is 3. The Balaban J connectivity index is 2.09. The van der Waals surface area contributed by atoms with E-state index in [1.807, 2.05) is 11.8 Å². The number of nitrogen functional groups attached to an aromatic ring is 1. The molecule has 1 aromatic rings. The zero-order valence-corrected chi connectivity index (χ0v) is 12.4. The molecule has 0 spiro atoms. The maximum atomic E-state index is 12.8. The summed E-state index contributed by atoms with van der Waals surface area (Å²) in [6, 6.07) is 1.05. The standard InChI is InChI=1S/C12H18F3N5S/c1-21-8-4-2-7(3-5-8)17-10-6-9(12(13,14)15)18-11(19-10)20-16/h6-8H,2-5,16H2,1H3,(H2,17,18,19,20). The Morgan fingerprint density at radius 3 is 2.43 bits per heavy atom. The molecular weight excluding hydrogens is 303 g/mol. The summed E-state index contributed by atoms with van der Waals surface area (Å²) in [4.78, 5) is 7.26. The van der Waals surface area contributed by atoms with E-state index < -0.39 is 11.9 Å². The van der Waals surface area contributed by atoms with Crippen molar-refractivity contribution in [2.45, 2.75) is 43.2 Å². The van der Waals surface area contributed by atoms with Gasteiger partial charge < -0.3 is 5.32 Å². The number of anilines is 2. The van der Waals surface area contributed by atoms with Crippen LogP contribution >= 0.6 is 11.8 Å². The molecule has 4 N–H and O–H groups in total. The smallest absolute Gasteiger partial charge is 0.367 e. The van der Waals surface area contributed by atoms with Crippen LogP contribution in [0.25, 0.3) is 0 Å². The fraction of sp³-hybridized carbons (Fsp3) is 0.667. The Morgan fingerprint density at radius 2 is 1.90 bits per heavy atom.